The van der Waals surface area contributed by atoms with E-state index in [9.17, 15) is 4.79 Å². The average Bonchev–Trinajstić information content (AvgIpc) is 2.65. The largest absolute Gasteiger partial charge is 0.456 e. The molecule has 0 saturated heterocycles. The van der Waals surface area contributed by atoms with Crippen LogP contribution >= 0.6 is 11.6 Å². The van der Waals surface area contributed by atoms with E-state index >= 15 is 0 Å². The lowest BCUT2D eigenvalue weighted by atomic mass is 10.2. The maximum atomic E-state index is 12.2. The van der Waals surface area contributed by atoms with Crippen molar-refractivity contribution in [3.8, 4) is 11.5 Å². The highest BCUT2D eigenvalue weighted by molar-refractivity contribution is 6.32. The normalized spacial score (nSPS) is 10.7. The molecule has 0 aliphatic rings. The molecule has 140 valence electrons. The number of ether oxygens (including phenoxy) is 3. The summed E-state index contributed by atoms with van der Waals surface area (Å²) in [5, 5.41) is 3.14. The van der Waals surface area contributed by atoms with Crippen LogP contribution in [0.4, 0.5) is 10.5 Å². The van der Waals surface area contributed by atoms with E-state index in [2.05, 4.69) is 5.32 Å². The number of benzene rings is 2. The van der Waals surface area contributed by atoms with Crippen LogP contribution in [-0.4, -0.2) is 40.1 Å². The first-order valence-electron chi connectivity index (χ1n) is 8.05. The molecule has 0 fully saturated rings. The quantitative estimate of drug-likeness (QED) is 0.733. The van der Waals surface area contributed by atoms with E-state index in [1.165, 1.54) is 19.1 Å². The molecule has 0 unspecified atom stereocenters. The van der Waals surface area contributed by atoms with Gasteiger partial charge in [-0.25, -0.2) is 4.79 Å². The fourth-order valence-corrected chi connectivity index (χ4v) is 2.40. The third kappa shape index (κ3) is 5.36. The lowest BCUT2D eigenvalue weighted by Gasteiger charge is -2.21. The summed E-state index contributed by atoms with van der Waals surface area (Å²) in [6.45, 7) is 2.24. The Balaban J connectivity index is 2.03. The van der Waals surface area contributed by atoms with Crippen LogP contribution in [0.5, 0.6) is 11.5 Å². The standard InChI is InChI=1S/C19H23ClN2O4/c1-13-5-8-15(9-6-13)26-17-10-7-14(11-16(17)20)22(2)19(23)21-12-18(24-3)25-4/h5-11,18H,12H2,1-4H3,(H,21,23). The van der Waals surface area contributed by atoms with Gasteiger partial charge in [-0.05, 0) is 37.3 Å². The van der Waals surface area contributed by atoms with Crippen molar-refractivity contribution >= 4 is 23.3 Å². The third-order valence-corrected chi connectivity index (χ3v) is 4.10. The molecule has 0 aromatic heterocycles. The topological polar surface area (TPSA) is 60.0 Å². The Kier molecular flexibility index (Phi) is 7.26. The summed E-state index contributed by atoms with van der Waals surface area (Å²) in [5.41, 5.74) is 1.78. The molecular formula is C19H23ClN2O4. The molecule has 2 aromatic rings. The van der Waals surface area contributed by atoms with Crippen molar-refractivity contribution in [2.75, 3.05) is 32.7 Å². The summed E-state index contributed by atoms with van der Waals surface area (Å²) in [7, 11) is 4.67. The van der Waals surface area contributed by atoms with E-state index in [-0.39, 0.29) is 12.6 Å². The van der Waals surface area contributed by atoms with Crippen molar-refractivity contribution in [3.63, 3.8) is 0 Å². The molecule has 2 rings (SSSR count). The van der Waals surface area contributed by atoms with Crippen LogP contribution in [0.3, 0.4) is 0 Å². The monoisotopic (exact) mass is 378 g/mol. The number of amides is 2. The van der Waals surface area contributed by atoms with Gasteiger partial charge in [-0.3, -0.25) is 4.90 Å². The van der Waals surface area contributed by atoms with Gasteiger partial charge in [-0.2, -0.15) is 0 Å². The first-order chi connectivity index (χ1) is 12.4. The van der Waals surface area contributed by atoms with Gasteiger partial charge in [0.05, 0.1) is 11.6 Å². The first-order valence-corrected chi connectivity index (χ1v) is 8.43. The van der Waals surface area contributed by atoms with Crippen molar-refractivity contribution in [3.05, 3.63) is 53.1 Å². The lowest BCUT2D eigenvalue weighted by Crippen LogP contribution is -2.41. The molecule has 0 heterocycles. The third-order valence-electron chi connectivity index (χ3n) is 3.80. The SMILES string of the molecule is COC(CNC(=O)N(C)c1ccc(Oc2ccc(C)cc2)c(Cl)c1)OC. The van der Waals surface area contributed by atoms with E-state index in [1.807, 2.05) is 31.2 Å². The Labute approximate surface area is 158 Å². The van der Waals surface area contributed by atoms with Gasteiger partial charge < -0.3 is 19.5 Å². The highest BCUT2D eigenvalue weighted by Crippen LogP contribution is 2.32. The summed E-state index contributed by atoms with van der Waals surface area (Å²) in [5.74, 6) is 1.22. The minimum Gasteiger partial charge on any atom is -0.456 e. The van der Waals surface area contributed by atoms with Gasteiger partial charge in [0.15, 0.2) is 6.29 Å². The molecule has 0 spiro atoms. The van der Waals surface area contributed by atoms with Gasteiger partial charge in [0.2, 0.25) is 0 Å². The lowest BCUT2D eigenvalue weighted by molar-refractivity contribution is -0.0970. The minimum absolute atomic E-state index is 0.235. The molecule has 26 heavy (non-hydrogen) atoms. The van der Waals surface area contributed by atoms with Crippen molar-refractivity contribution in [2.45, 2.75) is 13.2 Å². The Morgan fingerprint density at radius 3 is 2.38 bits per heavy atom. The fraction of sp³-hybridized carbons (Fsp3) is 0.316. The van der Waals surface area contributed by atoms with Gasteiger partial charge in [0.1, 0.15) is 11.5 Å². The number of methoxy groups -OCH3 is 2. The zero-order valence-corrected chi connectivity index (χ0v) is 16.0. The van der Waals surface area contributed by atoms with E-state index in [4.69, 9.17) is 25.8 Å². The number of hydrogen-bond acceptors (Lipinski definition) is 4. The van der Waals surface area contributed by atoms with Gasteiger partial charge in [0, 0.05) is 27.0 Å². The number of urea groups is 1. The van der Waals surface area contributed by atoms with Gasteiger partial charge >= 0.3 is 6.03 Å². The van der Waals surface area contributed by atoms with E-state index in [0.717, 1.165) is 5.56 Å². The number of hydrogen-bond donors (Lipinski definition) is 1. The van der Waals surface area contributed by atoms with Crippen molar-refractivity contribution in [1.82, 2.24) is 5.32 Å². The number of aryl methyl sites for hydroxylation is 1. The predicted molar refractivity (Wildman–Crippen MR) is 102 cm³/mol. The molecule has 0 aliphatic heterocycles. The predicted octanol–water partition coefficient (Wildman–Crippen LogP) is 4.21. The molecule has 6 nitrogen and oxygen atoms in total. The average molecular weight is 379 g/mol. The van der Waals surface area contributed by atoms with E-state index < -0.39 is 6.29 Å². The molecule has 0 bridgehead atoms. The minimum atomic E-state index is -0.499. The smallest absolute Gasteiger partial charge is 0.321 e. The van der Waals surface area contributed by atoms with Crippen molar-refractivity contribution in [2.24, 2.45) is 0 Å². The van der Waals surface area contributed by atoms with E-state index in [1.54, 1.807) is 25.2 Å². The fourth-order valence-electron chi connectivity index (χ4n) is 2.18. The van der Waals surface area contributed by atoms with Crippen LogP contribution in [-0.2, 0) is 9.47 Å². The molecule has 2 amide bonds. The molecule has 0 aliphatic carbocycles. The maximum Gasteiger partial charge on any atom is 0.321 e. The summed E-state index contributed by atoms with van der Waals surface area (Å²) >= 11 is 6.31. The second kappa shape index (κ2) is 9.43. The number of anilines is 1. The van der Waals surface area contributed by atoms with Crippen molar-refractivity contribution < 1.29 is 19.0 Å². The van der Waals surface area contributed by atoms with Gasteiger partial charge in [-0.15, -0.1) is 0 Å². The van der Waals surface area contributed by atoms with Crippen LogP contribution in [0.2, 0.25) is 5.02 Å². The Morgan fingerprint density at radius 1 is 1.15 bits per heavy atom. The van der Waals surface area contributed by atoms with Crippen LogP contribution in [0.25, 0.3) is 0 Å². The summed E-state index contributed by atoms with van der Waals surface area (Å²) in [6.07, 6.45) is -0.499. The number of halogens is 1. The van der Waals surface area contributed by atoms with Crippen LogP contribution in [0.1, 0.15) is 5.56 Å². The Bertz CT molecular complexity index is 733. The molecule has 0 atom stereocenters. The van der Waals surface area contributed by atoms with Crippen molar-refractivity contribution in [1.29, 1.82) is 0 Å². The second-order valence-corrected chi connectivity index (χ2v) is 6.08. The maximum absolute atomic E-state index is 12.2. The molecular weight excluding hydrogens is 356 g/mol. The van der Waals surface area contributed by atoms with Crippen LogP contribution in [0, 0.1) is 6.92 Å². The Hall–Kier alpha value is -2.28. The van der Waals surface area contributed by atoms with Crippen LogP contribution in [0.15, 0.2) is 42.5 Å². The van der Waals surface area contributed by atoms with Gasteiger partial charge in [-0.1, -0.05) is 29.3 Å². The summed E-state index contributed by atoms with van der Waals surface area (Å²) < 4.78 is 15.9. The van der Waals surface area contributed by atoms with E-state index in [0.29, 0.717) is 22.2 Å². The summed E-state index contributed by atoms with van der Waals surface area (Å²) in [6, 6.07) is 12.5. The number of carbonyl (C=O) groups is 1. The number of nitrogens with zero attached hydrogens (tertiary/aromatic N) is 1. The second-order valence-electron chi connectivity index (χ2n) is 5.68. The number of rotatable bonds is 7. The molecule has 7 heteroatoms. The van der Waals surface area contributed by atoms with Crippen LogP contribution < -0.4 is 15.0 Å². The zero-order valence-electron chi connectivity index (χ0n) is 15.3. The molecule has 2 aromatic carbocycles. The number of nitrogens with one attached hydrogen (secondary N) is 1. The molecule has 1 N–H and O–H groups in total. The van der Waals surface area contributed by atoms with Gasteiger partial charge in [0.25, 0.3) is 0 Å². The molecule has 0 saturated carbocycles. The zero-order chi connectivity index (χ0) is 19.1. The first kappa shape index (κ1) is 20.0. The Morgan fingerprint density at radius 2 is 1.81 bits per heavy atom. The number of carbonyl (C=O) groups excluding carboxylic acids is 1. The highest BCUT2D eigenvalue weighted by Gasteiger charge is 2.15. The highest BCUT2D eigenvalue weighted by atomic mass is 35.5. The summed E-state index contributed by atoms with van der Waals surface area (Å²) in [4.78, 5) is 13.7. The molecule has 0 radical (unpaired) electrons.